The van der Waals surface area contributed by atoms with Crippen LogP contribution in [-0.2, 0) is 11.2 Å². The second-order valence-electron chi connectivity index (χ2n) is 5.82. The van der Waals surface area contributed by atoms with E-state index in [9.17, 15) is 5.11 Å². The molecule has 0 spiro atoms. The van der Waals surface area contributed by atoms with Crippen LogP contribution in [0.25, 0.3) is 0 Å². The Labute approximate surface area is 122 Å². The summed E-state index contributed by atoms with van der Waals surface area (Å²) in [6.45, 7) is 1.36. The van der Waals surface area contributed by atoms with E-state index in [0.29, 0.717) is 6.54 Å². The fourth-order valence-corrected chi connectivity index (χ4v) is 3.06. The molecule has 1 aromatic carbocycles. The largest absolute Gasteiger partial charge is 0.391 e. The Morgan fingerprint density at radius 1 is 1.30 bits per heavy atom. The molecule has 1 saturated carbocycles. The van der Waals surface area contributed by atoms with Gasteiger partial charge in [0.2, 0.25) is 0 Å². The summed E-state index contributed by atoms with van der Waals surface area (Å²) in [4.78, 5) is 0. The number of ether oxygens (including phenoxy) is 1. The maximum absolute atomic E-state index is 10.2. The van der Waals surface area contributed by atoms with Crippen LogP contribution in [0.3, 0.4) is 0 Å². The van der Waals surface area contributed by atoms with Gasteiger partial charge in [0.1, 0.15) is 0 Å². The first-order valence-electron chi connectivity index (χ1n) is 7.78. The number of benzene rings is 1. The number of nitrogens with one attached hydrogen (secondary N) is 1. The summed E-state index contributed by atoms with van der Waals surface area (Å²) in [7, 11) is 1.72. The Bertz CT molecular complexity index is 388. The number of aliphatic hydroxyl groups excluding tert-OH is 1. The van der Waals surface area contributed by atoms with Crippen LogP contribution in [0.15, 0.2) is 24.3 Å². The minimum atomic E-state index is -0.242. The maximum atomic E-state index is 10.2. The van der Waals surface area contributed by atoms with Crippen LogP contribution in [-0.4, -0.2) is 31.5 Å². The van der Waals surface area contributed by atoms with Gasteiger partial charge in [0.15, 0.2) is 0 Å². The van der Waals surface area contributed by atoms with Crippen molar-refractivity contribution in [3.63, 3.8) is 0 Å². The fourth-order valence-electron chi connectivity index (χ4n) is 3.06. The lowest BCUT2D eigenvalue weighted by molar-refractivity contribution is 0.155. The monoisotopic (exact) mass is 277 g/mol. The number of anilines is 1. The van der Waals surface area contributed by atoms with E-state index in [1.807, 2.05) is 12.1 Å². The molecule has 20 heavy (non-hydrogen) atoms. The van der Waals surface area contributed by atoms with Crippen molar-refractivity contribution in [3.05, 3.63) is 29.8 Å². The Morgan fingerprint density at radius 2 is 2.05 bits per heavy atom. The third-order valence-corrected chi connectivity index (χ3v) is 4.20. The predicted molar refractivity (Wildman–Crippen MR) is 83.1 cm³/mol. The lowest BCUT2D eigenvalue weighted by Crippen LogP contribution is -2.22. The topological polar surface area (TPSA) is 41.5 Å². The standard InChI is InChI=1S/C17H27NO2/c1-20-11-10-15-8-4-5-9-17(15)18-13-16(19)12-14-6-2-3-7-14/h4-5,8-9,14,16,18-19H,2-3,6-7,10-13H2,1H3. The second kappa shape index (κ2) is 8.28. The fraction of sp³-hybridized carbons (Fsp3) is 0.647. The van der Waals surface area contributed by atoms with Gasteiger partial charge in [-0.2, -0.15) is 0 Å². The average Bonchev–Trinajstić information content (AvgIpc) is 2.96. The van der Waals surface area contributed by atoms with Crippen LogP contribution in [0.5, 0.6) is 0 Å². The molecule has 0 bridgehead atoms. The van der Waals surface area contributed by atoms with Crippen LogP contribution in [0, 0.1) is 5.92 Å². The highest BCUT2D eigenvalue weighted by Crippen LogP contribution is 2.28. The Balaban J connectivity index is 1.80. The minimum Gasteiger partial charge on any atom is -0.391 e. The molecule has 0 radical (unpaired) electrons. The number of methoxy groups -OCH3 is 1. The highest BCUT2D eigenvalue weighted by molar-refractivity contribution is 5.51. The molecule has 112 valence electrons. The highest BCUT2D eigenvalue weighted by Gasteiger charge is 2.18. The highest BCUT2D eigenvalue weighted by atomic mass is 16.5. The van der Waals surface area contributed by atoms with Gasteiger partial charge in [0.25, 0.3) is 0 Å². The van der Waals surface area contributed by atoms with Crippen molar-refractivity contribution in [2.24, 2.45) is 5.92 Å². The van der Waals surface area contributed by atoms with Gasteiger partial charge in [-0.25, -0.2) is 0 Å². The van der Waals surface area contributed by atoms with Gasteiger partial charge in [-0.15, -0.1) is 0 Å². The van der Waals surface area contributed by atoms with Crippen LogP contribution in [0.4, 0.5) is 5.69 Å². The van der Waals surface area contributed by atoms with Crippen LogP contribution < -0.4 is 5.32 Å². The minimum absolute atomic E-state index is 0.242. The third-order valence-electron chi connectivity index (χ3n) is 4.20. The van der Waals surface area contributed by atoms with Gasteiger partial charge in [-0.3, -0.25) is 0 Å². The molecular weight excluding hydrogens is 250 g/mol. The molecule has 1 unspecified atom stereocenters. The molecule has 0 aliphatic heterocycles. The third kappa shape index (κ3) is 4.80. The number of para-hydroxylation sites is 1. The number of hydrogen-bond donors (Lipinski definition) is 2. The summed E-state index contributed by atoms with van der Waals surface area (Å²) in [6.07, 6.45) is 6.86. The molecule has 1 aliphatic carbocycles. The van der Waals surface area contributed by atoms with Gasteiger partial charge in [0, 0.05) is 19.3 Å². The molecule has 2 N–H and O–H groups in total. The number of rotatable bonds is 8. The van der Waals surface area contributed by atoms with E-state index in [4.69, 9.17) is 4.74 Å². The van der Waals surface area contributed by atoms with E-state index < -0.39 is 0 Å². The maximum Gasteiger partial charge on any atom is 0.0715 e. The molecule has 2 rings (SSSR count). The van der Waals surface area contributed by atoms with Gasteiger partial charge < -0.3 is 15.2 Å². The zero-order valence-electron chi connectivity index (χ0n) is 12.5. The first kappa shape index (κ1) is 15.3. The van der Waals surface area contributed by atoms with Crippen molar-refractivity contribution in [3.8, 4) is 0 Å². The molecule has 3 heteroatoms. The average molecular weight is 277 g/mol. The van der Waals surface area contributed by atoms with Crippen molar-refractivity contribution in [1.29, 1.82) is 0 Å². The van der Waals surface area contributed by atoms with Crippen molar-refractivity contribution in [2.75, 3.05) is 25.6 Å². The summed E-state index contributed by atoms with van der Waals surface area (Å²) in [5, 5.41) is 13.5. The number of aliphatic hydroxyl groups is 1. The first-order chi connectivity index (χ1) is 9.79. The molecule has 0 aromatic heterocycles. The predicted octanol–water partition coefficient (Wildman–Crippen LogP) is 3.23. The molecule has 0 amide bonds. The van der Waals surface area contributed by atoms with Crippen molar-refractivity contribution >= 4 is 5.69 Å². The molecule has 0 heterocycles. The van der Waals surface area contributed by atoms with Crippen molar-refractivity contribution in [2.45, 2.75) is 44.6 Å². The lowest BCUT2D eigenvalue weighted by Gasteiger charge is -2.18. The number of hydrogen-bond acceptors (Lipinski definition) is 3. The molecule has 1 aromatic rings. The van der Waals surface area contributed by atoms with E-state index in [-0.39, 0.29) is 6.10 Å². The van der Waals surface area contributed by atoms with Crippen molar-refractivity contribution < 1.29 is 9.84 Å². The second-order valence-corrected chi connectivity index (χ2v) is 5.82. The van der Waals surface area contributed by atoms with Gasteiger partial charge >= 0.3 is 0 Å². The van der Waals surface area contributed by atoms with Crippen LogP contribution >= 0.6 is 0 Å². The van der Waals surface area contributed by atoms with Crippen LogP contribution in [0.1, 0.15) is 37.7 Å². The molecule has 1 aliphatic rings. The van der Waals surface area contributed by atoms with Gasteiger partial charge in [-0.05, 0) is 30.4 Å². The van der Waals surface area contributed by atoms with Gasteiger partial charge in [-0.1, -0.05) is 43.9 Å². The summed E-state index contributed by atoms with van der Waals surface area (Å²) in [5.41, 5.74) is 2.37. The summed E-state index contributed by atoms with van der Waals surface area (Å²) >= 11 is 0. The van der Waals surface area contributed by atoms with E-state index in [1.54, 1.807) is 7.11 Å². The first-order valence-corrected chi connectivity index (χ1v) is 7.78. The smallest absolute Gasteiger partial charge is 0.0715 e. The Hall–Kier alpha value is -1.06. The van der Waals surface area contributed by atoms with E-state index >= 15 is 0 Å². The van der Waals surface area contributed by atoms with E-state index in [2.05, 4.69) is 17.4 Å². The molecule has 1 fully saturated rings. The summed E-state index contributed by atoms with van der Waals surface area (Å²) in [6, 6.07) is 8.27. The summed E-state index contributed by atoms with van der Waals surface area (Å²) < 4.78 is 5.14. The van der Waals surface area contributed by atoms with E-state index in [1.165, 1.54) is 31.2 Å². The molecule has 1 atom stereocenters. The van der Waals surface area contributed by atoms with Gasteiger partial charge in [0.05, 0.1) is 12.7 Å². The Kier molecular flexibility index (Phi) is 6.34. The lowest BCUT2D eigenvalue weighted by atomic mass is 10.00. The summed E-state index contributed by atoms with van der Waals surface area (Å²) in [5.74, 6) is 0.732. The Morgan fingerprint density at radius 3 is 2.80 bits per heavy atom. The quantitative estimate of drug-likeness (QED) is 0.766. The zero-order valence-corrected chi connectivity index (χ0v) is 12.5. The molecular formula is C17H27NO2. The molecule has 0 saturated heterocycles. The SMILES string of the molecule is COCCc1ccccc1NCC(O)CC1CCCC1. The molecule has 3 nitrogen and oxygen atoms in total. The van der Waals surface area contributed by atoms with Crippen molar-refractivity contribution in [1.82, 2.24) is 0 Å². The van der Waals surface area contributed by atoms with E-state index in [0.717, 1.165) is 31.1 Å². The normalized spacial score (nSPS) is 17.3. The zero-order chi connectivity index (χ0) is 14.2. The van der Waals surface area contributed by atoms with Crippen LogP contribution in [0.2, 0.25) is 0 Å².